The minimum atomic E-state index is -0.00881. The van der Waals surface area contributed by atoms with Crippen LogP contribution in [-0.4, -0.2) is 25.9 Å². The third-order valence-corrected chi connectivity index (χ3v) is 4.68. The zero-order valence-corrected chi connectivity index (χ0v) is 13.5. The van der Waals surface area contributed by atoms with E-state index >= 15 is 0 Å². The number of amides is 1. The number of hydrogen-bond acceptors (Lipinski definition) is 3. The number of carbonyl (C=O) groups is 1. The van der Waals surface area contributed by atoms with Gasteiger partial charge in [0.25, 0.3) is 0 Å². The fourth-order valence-electron chi connectivity index (χ4n) is 3.30. The molecule has 1 amide bonds. The number of nitrogens with zero attached hydrogens (tertiary/aromatic N) is 3. The van der Waals surface area contributed by atoms with Gasteiger partial charge in [0.2, 0.25) is 5.91 Å². The molecule has 3 aromatic rings. The molecular weight excluding hydrogens is 302 g/mol. The van der Waals surface area contributed by atoms with Crippen molar-refractivity contribution in [1.82, 2.24) is 20.0 Å². The van der Waals surface area contributed by atoms with E-state index in [1.54, 1.807) is 6.20 Å². The maximum absolute atomic E-state index is 12.6. The highest BCUT2D eigenvalue weighted by atomic mass is 16.1. The molecule has 0 fully saturated rings. The van der Waals surface area contributed by atoms with Gasteiger partial charge in [-0.25, -0.2) is 0 Å². The summed E-state index contributed by atoms with van der Waals surface area (Å²) in [6.45, 7) is 0. The predicted octanol–water partition coefficient (Wildman–Crippen LogP) is 2.55. The van der Waals surface area contributed by atoms with Crippen molar-refractivity contribution >= 4 is 11.6 Å². The van der Waals surface area contributed by atoms with Crippen LogP contribution in [0.4, 0.5) is 5.69 Å². The van der Waals surface area contributed by atoms with E-state index in [2.05, 4.69) is 20.6 Å². The molecule has 2 aromatic heterocycles. The van der Waals surface area contributed by atoms with Gasteiger partial charge in [-0.3, -0.25) is 14.6 Å². The van der Waals surface area contributed by atoms with Crippen LogP contribution in [0, 0.1) is 5.92 Å². The molecule has 0 spiro atoms. The highest BCUT2D eigenvalue weighted by Gasteiger charge is 2.27. The lowest BCUT2D eigenvalue weighted by Crippen LogP contribution is -2.28. The average molecular weight is 321 g/mol. The number of hydrogen-bond donors (Lipinski definition) is 2. The monoisotopic (exact) mass is 321 g/mol. The Morgan fingerprint density at radius 2 is 2.25 bits per heavy atom. The third-order valence-electron chi connectivity index (χ3n) is 4.68. The number of aryl methyl sites for hydroxylation is 2. The van der Waals surface area contributed by atoms with E-state index in [-0.39, 0.29) is 11.8 Å². The fourth-order valence-corrected chi connectivity index (χ4v) is 3.30. The first-order valence-electron chi connectivity index (χ1n) is 8.10. The summed E-state index contributed by atoms with van der Waals surface area (Å²) in [7, 11) is 1.94. The topological polar surface area (TPSA) is 75.6 Å². The highest BCUT2D eigenvalue weighted by Crippen LogP contribution is 2.27. The first-order chi connectivity index (χ1) is 11.7. The minimum Gasteiger partial charge on any atom is -0.326 e. The number of aromatic nitrogens is 4. The van der Waals surface area contributed by atoms with Crippen molar-refractivity contribution in [2.45, 2.75) is 19.3 Å². The summed E-state index contributed by atoms with van der Waals surface area (Å²) in [4.78, 5) is 12.6. The van der Waals surface area contributed by atoms with Gasteiger partial charge < -0.3 is 5.32 Å². The zero-order valence-electron chi connectivity index (χ0n) is 13.5. The predicted molar refractivity (Wildman–Crippen MR) is 91.4 cm³/mol. The van der Waals surface area contributed by atoms with Crippen molar-refractivity contribution in [2.24, 2.45) is 13.0 Å². The number of carbonyl (C=O) groups excluding carboxylic acids is 1. The zero-order chi connectivity index (χ0) is 16.5. The molecule has 2 N–H and O–H groups in total. The Morgan fingerprint density at radius 1 is 1.33 bits per heavy atom. The van der Waals surface area contributed by atoms with E-state index in [4.69, 9.17) is 0 Å². The van der Waals surface area contributed by atoms with Gasteiger partial charge in [-0.2, -0.15) is 10.2 Å². The summed E-state index contributed by atoms with van der Waals surface area (Å²) in [6, 6.07) is 7.84. The second-order valence-corrected chi connectivity index (χ2v) is 6.24. The summed E-state index contributed by atoms with van der Waals surface area (Å²) >= 11 is 0. The Hall–Kier alpha value is -2.89. The second kappa shape index (κ2) is 5.96. The van der Waals surface area contributed by atoms with Crippen molar-refractivity contribution in [3.63, 3.8) is 0 Å². The molecule has 0 bridgehead atoms. The van der Waals surface area contributed by atoms with E-state index in [0.717, 1.165) is 36.1 Å². The number of nitrogens with one attached hydrogen (secondary N) is 2. The van der Waals surface area contributed by atoms with Crippen molar-refractivity contribution in [3.05, 3.63) is 54.1 Å². The Morgan fingerprint density at radius 3 is 3.08 bits per heavy atom. The van der Waals surface area contributed by atoms with Crippen molar-refractivity contribution < 1.29 is 4.79 Å². The summed E-state index contributed by atoms with van der Waals surface area (Å²) in [5, 5.41) is 14.1. The Kier molecular flexibility index (Phi) is 3.65. The molecule has 1 unspecified atom stereocenters. The maximum atomic E-state index is 12.6. The Balaban J connectivity index is 1.49. The largest absolute Gasteiger partial charge is 0.326 e. The van der Waals surface area contributed by atoms with Crippen LogP contribution in [0.1, 0.15) is 17.7 Å². The summed E-state index contributed by atoms with van der Waals surface area (Å²) in [5.74, 6) is 0.0664. The molecular formula is C18H19N5O. The molecule has 1 atom stereocenters. The second-order valence-electron chi connectivity index (χ2n) is 6.24. The average Bonchev–Trinajstić information content (AvgIpc) is 3.25. The molecule has 0 saturated heterocycles. The molecule has 1 aliphatic carbocycles. The first-order valence-corrected chi connectivity index (χ1v) is 8.10. The van der Waals surface area contributed by atoms with Crippen LogP contribution in [0.2, 0.25) is 0 Å². The molecule has 6 heteroatoms. The summed E-state index contributed by atoms with van der Waals surface area (Å²) in [5.41, 5.74) is 5.29. The van der Waals surface area contributed by atoms with E-state index in [9.17, 15) is 4.79 Å². The van der Waals surface area contributed by atoms with Gasteiger partial charge in [0.15, 0.2) is 0 Å². The molecule has 4 rings (SSSR count). The molecule has 0 radical (unpaired) electrons. The van der Waals surface area contributed by atoms with Gasteiger partial charge in [-0.1, -0.05) is 12.1 Å². The number of fused-ring (bicyclic) bond motifs is 1. The Bertz CT molecular complexity index is 865. The molecule has 6 nitrogen and oxygen atoms in total. The molecule has 0 saturated carbocycles. The fraction of sp³-hybridized carbons (Fsp3) is 0.278. The number of H-pyrrole nitrogens is 1. The number of benzene rings is 1. The highest BCUT2D eigenvalue weighted by molar-refractivity contribution is 5.93. The van der Waals surface area contributed by atoms with Crippen molar-refractivity contribution in [2.75, 3.05) is 5.32 Å². The lowest BCUT2D eigenvalue weighted by molar-refractivity contribution is -0.120. The number of aromatic amines is 1. The van der Waals surface area contributed by atoms with E-state index in [1.807, 2.05) is 48.4 Å². The van der Waals surface area contributed by atoms with Gasteiger partial charge >= 0.3 is 0 Å². The number of anilines is 1. The minimum absolute atomic E-state index is 0.00881. The van der Waals surface area contributed by atoms with E-state index < -0.39 is 0 Å². The summed E-state index contributed by atoms with van der Waals surface area (Å²) < 4.78 is 1.88. The van der Waals surface area contributed by atoms with Crippen LogP contribution in [0.3, 0.4) is 0 Å². The quantitative estimate of drug-likeness (QED) is 0.778. The van der Waals surface area contributed by atoms with Gasteiger partial charge in [0.1, 0.15) is 0 Å². The maximum Gasteiger partial charge on any atom is 0.227 e. The van der Waals surface area contributed by atoms with E-state index in [1.165, 1.54) is 11.3 Å². The molecule has 1 aliphatic rings. The molecule has 2 heterocycles. The van der Waals surface area contributed by atoms with Crippen LogP contribution in [0.25, 0.3) is 11.1 Å². The molecule has 24 heavy (non-hydrogen) atoms. The lowest BCUT2D eigenvalue weighted by atomic mass is 9.87. The van der Waals surface area contributed by atoms with Crippen LogP contribution in [0.15, 0.2) is 42.9 Å². The standard InChI is InChI=1S/C18H19N5O/c1-23-17-8-13(5-6-14(17)11-21-23)18(24)22-16-4-2-3-12(7-16)15-9-19-20-10-15/h2-4,7,9-11,13H,5-6,8H2,1H3,(H,19,20)(H,22,24). The van der Waals surface area contributed by atoms with Crippen molar-refractivity contribution in [1.29, 1.82) is 0 Å². The third kappa shape index (κ3) is 2.71. The smallest absolute Gasteiger partial charge is 0.227 e. The molecule has 0 aliphatic heterocycles. The van der Waals surface area contributed by atoms with Gasteiger partial charge in [-0.05, 0) is 36.1 Å². The van der Waals surface area contributed by atoms with Crippen LogP contribution >= 0.6 is 0 Å². The van der Waals surface area contributed by atoms with Crippen LogP contribution in [-0.2, 0) is 24.7 Å². The van der Waals surface area contributed by atoms with Gasteiger partial charge in [0, 0.05) is 42.5 Å². The van der Waals surface area contributed by atoms with Gasteiger partial charge in [-0.15, -0.1) is 0 Å². The lowest BCUT2D eigenvalue weighted by Gasteiger charge is -2.22. The van der Waals surface area contributed by atoms with Crippen LogP contribution < -0.4 is 5.32 Å². The molecule has 122 valence electrons. The SMILES string of the molecule is Cn1ncc2c1CC(C(=O)Nc1cccc(-c3cn[nH]c3)c1)CC2. The Labute approximate surface area is 139 Å². The number of rotatable bonds is 3. The van der Waals surface area contributed by atoms with E-state index in [0.29, 0.717) is 0 Å². The molecule has 1 aromatic carbocycles. The van der Waals surface area contributed by atoms with Crippen LogP contribution in [0.5, 0.6) is 0 Å². The first kappa shape index (κ1) is 14.7. The summed E-state index contributed by atoms with van der Waals surface area (Å²) in [6.07, 6.45) is 8.05. The van der Waals surface area contributed by atoms with Crippen molar-refractivity contribution in [3.8, 4) is 11.1 Å². The normalized spacial score (nSPS) is 16.6. The van der Waals surface area contributed by atoms with Gasteiger partial charge in [0.05, 0.1) is 12.4 Å².